The number of hydrogen-bond acceptors (Lipinski definition) is 2. The SMILES string of the molecule is Cc1cccc(C)c1CCC(=O)OC1(C)CCCC1. The lowest BCUT2D eigenvalue weighted by molar-refractivity contribution is -0.157. The number of carbonyl (C=O) groups excluding carboxylic acids is 1. The van der Waals surface area contributed by atoms with Crippen molar-refractivity contribution in [2.75, 3.05) is 0 Å². The van der Waals surface area contributed by atoms with Gasteiger partial charge in [-0.15, -0.1) is 0 Å². The Balaban J connectivity index is 1.90. The van der Waals surface area contributed by atoms with Crippen LogP contribution in [-0.2, 0) is 16.0 Å². The topological polar surface area (TPSA) is 26.3 Å². The van der Waals surface area contributed by atoms with Crippen molar-refractivity contribution in [2.24, 2.45) is 0 Å². The number of hydrogen-bond donors (Lipinski definition) is 0. The number of esters is 1. The molecule has 0 N–H and O–H groups in total. The fourth-order valence-corrected chi connectivity index (χ4v) is 3.02. The first-order valence-electron chi connectivity index (χ1n) is 7.27. The predicted octanol–water partition coefficient (Wildman–Crippen LogP) is 4.11. The molecule has 0 bridgehead atoms. The third-order valence-corrected chi connectivity index (χ3v) is 4.25. The molecule has 1 aromatic rings. The molecule has 1 aromatic carbocycles. The first kappa shape index (κ1) is 14.1. The number of rotatable bonds is 4. The summed E-state index contributed by atoms with van der Waals surface area (Å²) in [6.45, 7) is 6.27. The smallest absolute Gasteiger partial charge is 0.306 e. The van der Waals surface area contributed by atoms with Crippen molar-refractivity contribution < 1.29 is 9.53 Å². The summed E-state index contributed by atoms with van der Waals surface area (Å²) in [6, 6.07) is 6.27. The van der Waals surface area contributed by atoms with Gasteiger partial charge in [-0.3, -0.25) is 4.79 Å². The largest absolute Gasteiger partial charge is 0.459 e. The van der Waals surface area contributed by atoms with Gasteiger partial charge in [0.05, 0.1) is 0 Å². The van der Waals surface area contributed by atoms with E-state index in [9.17, 15) is 4.79 Å². The minimum Gasteiger partial charge on any atom is -0.459 e. The van der Waals surface area contributed by atoms with E-state index in [0.717, 1.165) is 19.3 Å². The van der Waals surface area contributed by atoms with E-state index in [2.05, 4.69) is 39.0 Å². The Kier molecular flexibility index (Phi) is 4.28. The predicted molar refractivity (Wildman–Crippen MR) is 77.2 cm³/mol. The van der Waals surface area contributed by atoms with Gasteiger partial charge in [0.15, 0.2) is 0 Å². The Labute approximate surface area is 116 Å². The lowest BCUT2D eigenvalue weighted by Gasteiger charge is -2.24. The lowest BCUT2D eigenvalue weighted by Crippen LogP contribution is -2.28. The van der Waals surface area contributed by atoms with Gasteiger partial charge in [-0.2, -0.15) is 0 Å². The number of ether oxygens (including phenoxy) is 1. The molecule has 19 heavy (non-hydrogen) atoms. The summed E-state index contributed by atoms with van der Waals surface area (Å²) < 4.78 is 5.66. The van der Waals surface area contributed by atoms with E-state index in [0.29, 0.717) is 6.42 Å². The van der Waals surface area contributed by atoms with Crippen LogP contribution < -0.4 is 0 Å². The summed E-state index contributed by atoms with van der Waals surface area (Å²) in [5.74, 6) is -0.0490. The number of benzene rings is 1. The number of carbonyl (C=O) groups is 1. The molecule has 104 valence electrons. The van der Waals surface area contributed by atoms with Crippen molar-refractivity contribution in [1.29, 1.82) is 0 Å². The first-order valence-corrected chi connectivity index (χ1v) is 7.27. The van der Waals surface area contributed by atoms with Gasteiger partial charge in [0, 0.05) is 6.42 Å². The molecule has 0 amide bonds. The van der Waals surface area contributed by atoms with Crippen LogP contribution in [0.4, 0.5) is 0 Å². The lowest BCUT2D eigenvalue weighted by atomic mass is 9.98. The highest BCUT2D eigenvalue weighted by atomic mass is 16.6. The summed E-state index contributed by atoms with van der Waals surface area (Å²) in [4.78, 5) is 12.0. The third-order valence-electron chi connectivity index (χ3n) is 4.25. The quantitative estimate of drug-likeness (QED) is 0.761. The molecule has 2 rings (SSSR count). The first-order chi connectivity index (χ1) is 9.00. The fraction of sp³-hybridized carbons (Fsp3) is 0.588. The monoisotopic (exact) mass is 260 g/mol. The molecule has 1 aliphatic carbocycles. The van der Waals surface area contributed by atoms with E-state index >= 15 is 0 Å². The number of aryl methyl sites for hydroxylation is 2. The Morgan fingerprint density at radius 1 is 1.21 bits per heavy atom. The summed E-state index contributed by atoms with van der Waals surface area (Å²) in [5.41, 5.74) is 3.62. The van der Waals surface area contributed by atoms with Crippen LogP contribution in [0.3, 0.4) is 0 Å². The summed E-state index contributed by atoms with van der Waals surface area (Å²) in [5, 5.41) is 0. The maximum Gasteiger partial charge on any atom is 0.306 e. The van der Waals surface area contributed by atoms with E-state index in [-0.39, 0.29) is 11.6 Å². The molecule has 0 radical (unpaired) electrons. The zero-order valence-electron chi connectivity index (χ0n) is 12.3. The zero-order valence-corrected chi connectivity index (χ0v) is 12.3. The van der Waals surface area contributed by atoms with Crippen LogP contribution >= 0.6 is 0 Å². The van der Waals surface area contributed by atoms with Crippen LogP contribution in [0.2, 0.25) is 0 Å². The minimum atomic E-state index is -0.197. The Bertz CT molecular complexity index is 436. The second kappa shape index (κ2) is 5.77. The molecule has 0 aliphatic heterocycles. The van der Waals surface area contributed by atoms with Gasteiger partial charge in [0.1, 0.15) is 5.60 Å². The van der Waals surface area contributed by atoms with Crippen molar-refractivity contribution >= 4 is 5.97 Å². The Morgan fingerprint density at radius 2 is 1.79 bits per heavy atom. The molecule has 1 fully saturated rings. The normalized spacial score (nSPS) is 17.4. The van der Waals surface area contributed by atoms with E-state index in [1.807, 2.05) is 0 Å². The van der Waals surface area contributed by atoms with Gasteiger partial charge >= 0.3 is 5.97 Å². The highest BCUT2D eigenvalue weighted by Crippen LogP contribution is 2.33. The van der Waals surface area contributed by atoms with Crippen molar-refractivity contribution in [3.8, 4) is 0 Å². The van der Waals surface area contributed by atoms with Gasteiger partial charge in [-0.1, -0.05) is 18.2 Å². The fourth-order valence-electron chi connectivity index (χ4n) is 3.02. The molecule has 0 aromatic heterocycles. The molecule has 0 spiro atoms. The summed E-state index contributed by atoms with van der Waals surface area (Å²) in [6.07, 6.45) is 5.67. The van der Waals surface area contributed by atoms with E-state index in [1.165, 1.54) is 29.5 Å². The summed E-state index contributed by atoms with van der Waals surface area (Å²) >= 11 is 0. The second-order valence-electron chi connectivity index (χ2n) is 6.00. The van der Waals surface area contributed by atoms with Crippen LogP contribution in [0.1, 0.15) is 55.7 Å². The van der Waals surface area contributed by atoms with E-state index in [4.69, 9.17) is 4.74 Å². The minimum absolute atomic E-state index is 0.0490. The van der Waals surface area contributed by atoms with Gasteiger partial charge in [-0.25, -0.2) is 0 Å². The maximum absolute atomic E-state index is 12.0. The van der Waals surface area contributed by atoms with Gasteiger partial charge in [-0.05, 0) is 69.6 Å². The molecule has 0 unspecified atom stereocenters. The Morgan fingerprint density at radius 3 is 2.37 bits per heavy atom. The van der Waals surface area contributed by atoms with Crippen LogP contribution in [0.25, 0.3) is 0 Å². The molecule has 2 heteroatoms. The molecular formula is C17H24O2. The molecule has 0 atom stereocenters. The molecule has 1 saturated carbocycles. The van der Waals surface area contributed by atoms with Crippen LogP contribution in [0.5, 0.6) is 0 Å². The van der Waals surface area contributed by atoms with Crippen LogP contribution in [-0.4, -0.2) is 11.6 Å². The second-order valence-corrected chi connectivity index (χ2v) is 6.00. The zero-order chi connectivity index (χ0) is 13.9. The van der Waals surface area contributed by atoms with Crippen molar-refractivity contribution in [2.45, 2.75) is 64.9 Å². The van der Waals surface area contributed by atoms with Crippen molar-refractivity contribution in [3.05, 3.63) is 34.9 Å². The average molecular weight is 260 g/mol. The van der Waals surface area contributed by atoms with Crippen molar-refractivity contribution in [3.63, 3.8) is 0 Å². The molecule has 2 nitrogen and oxygen atoms in total. The molecule has 1 aliphatic rings. The van der Waals surface area contributed by atoms with Crippen LogP contribution in [0, 0.1) is 13.8 Å². The maximum atomic E-state index is 12.0. The Hall–Kier alpha value is -1.31. The average Bonchev–Trinajstić information content (AvgIpc) is 2.75. The standard InChI is InChI=1S/C17H24O2/c1-13-7-6-8-14(2)15(13)9-10-16(18)19-17(3)11-4-5-12-17/h6-8H,4-5,9-12H2,1-3H3. The van der Waals surface area contributed by atoms with Gasteiger partial charge in [0.25, 0.3) is 0 Å². The van der Waals surface area contributed by atoms with E-state index in [1.54, 1.807) is 0 Å². The van der Waals surface area contributed by atoms with E-state index < -0.39 is 0 Å². The van der Waals surface area contributed by atoms with Crippen LogP contribution in [0.15, 0.2) is 18.2 Å². The molecule has 0 heterocycles. The highest BCUT2D eigenvalue weighted by Gasteiger charge is 2.32. The highest BCUT2D eigenvalue weighted by molar-refractivity contribution is 5.70. The van der Waals surface area contributed by atoms with Crippen molar-refractivity contribution in [1.82, 2.24) is 0 Å². The summed E-state index contributed by atoms with van der Waals surface area (Å²) in [7, 11) is 0. The van der Waals surface area contributed by atoms with Gasteiger partial charge in [0.2, 0.25) is 0 Å². The molecule has 0 saturated heterocycles. The molecular weight excluding hydrogens is 236 g/mol. The third kappa shape index (κ3) is 3.59. The van der Waals surface area contributed by atoms with Gasteiger partial charge < -0.3 is 4.74 Å².